The minimum atomic E-state index is -1.88. The lowest BCUT2D eigenvalue weighted by atomic mass is 9.96. The topological polar surface area (TPSA) is 247 Å². The normalized spacial score (nSPS) is 46.4. The van der Waals surface area contributed by atoms with Gasteiger partial charge < -0.3 is 79.1 Å². The quantitative estimate of drug-likeness (QED) is 0.115. The first-order valence-electron chi connectivity index (χ1n) is 12.5. The molecule has 0 aromatic heterocycles. The van der Waals surface area contributed by atoms with Crippen LogP contribution in [0.5, 0.6) is 0 Å². The standard InChI is InChI=1S/C22H40O16/c1-8(2)3-4-32-20-14(28)16(12(26)9(5-23)33-20)36-21-15(29)17(13(27)10(6-24)34-21)37-22-19(31)38-18(30)11(7-25)35-22/h8-31H,3-7H2,1-2H3. The molecule has 3 aliphatic rings. The van der Waals surface area contributed by atoms with E-state index in [9.17, 15) is 46.0 Å². The Morgan fingerprint density at radius 1 is 0.579 bits per heavy atom. The van der Waals surface area contributed by atoms with Gasteiger partial charge in [-0.3, -0.25) is 0 Å². The lowest BCUT2D eigenvalue weighted by Gasteiger charge is -2.47. The van der Waals surface area contributed by atoms with Gasteiger partial charge in [-0.05, 0) is 12.3 Å². The average Bonchev–Trinajstić information content (AvgIpc) is 2.87. The summed E-state index contributed by atoms with van der Waals surface area (Å²) in [6.45, 7) is 2.02. The molecule has 16 nitrogen and oxygen atoms in total. The van der Waals surface area contributed by atoms with Crippen LogP contribution < -0.4 is 0 Å². The molecule has 14 atom stereocenters. The van der Waals surface area contributed by atoms with Crippen LogP contribution in [0.25, 0.3) is 0 Å². The van der Waals surface area contributed by atoms with Crippen molar-refractivity contribution in [2.45, 2.75) is 107 Å². The van der Waals surface area contributed by atoms with Crippen LogP contribution >= 0.6 is 0 Å². The minimum absolute atomic E-state index is 0.201. The molecule has 0 spiro atoms. The van der Waals surface area contributed by atoms with Crippen molar-refractivity contribution < 1.29 is 79.1 Å². The Morgan fingerprint density at radius 2 is 1.05 bits per heavy atom. The maximum Gasteiger partial charge on any atom is 0.210 e. The second kappa shape index (κ2) is 14.3. The largest absolute Gasteiger partial charge is 0.394 e. The number of hydrogen-bond donors (Lipinski definition) is 9. The summed E-state index contributed by atoms with van der Waals surface area (Å²) < 4.78 is 37.7. The Labute approximate surface area is 218 Å². The molecule has 16 heteroatoms. The average molecular weight is 561 g/mol. The molecule has 0 bridgehead atoms. The van der Waals surface area contributed by atoms with Crippen molar-refractivity contribution in [3.63, 3.8) is 0 Å². The van der Waals surface area contributed by atoms with Gasteiger partial charge in [0.25, 0.3) is 0 Å². The smallest absolute Gasteiger partial charge is 0.210 e. The van der Waals surface area contributed by atoms with Crippen LogP contribution in [0.2, 0.25) is 0 Å². The van der Waals surface area contributed by atoms with E-state index in [2.05, 4.69) is 0 Å². The van der Waals surface area contributed by atoms with Gasteiger partial charge in [-0.2, -0.15) is 0 Å². The van der Waals surface area contributed by atoms with Crippen LogP contribution in [-0.2, 0) is 33.2 Å². The molecule has 9 N–H and O–H groups in total. The van der Waals surface area contributed by atoms with E-state index in [1.807, 2.05) is 13.8 Å². The lowest BCUT2D eigenvalue weighted by molar-refractivity contribution is -0.415. The molecule has 224 valence electrons. The van der Waals surface area contributed by atoms with E-state index in [0.29, 0.717) is 12.3 Å². The third kappa shape index (κ3) is 7.35. The highest BCUT2D eigenvalue weighted by atomic mass is 16.8. The van der Waals surface area contributed by atoms with Gasteiger partial charge in [0.15, 0.2) is 18.9 Å². The Morgan fingerprint density at radius 3 is 1.58 bits per heavy atom. The van der Waals surface area contributed by atoms with E-state index in [4.69, 9.17) is 33.2 Å². The molecule has 3 aliphatic heterocycles. The summed E-state index contributed by atoms with van der Waals surface area (Å²) >= 11 is 0. The highest BCUT2D eigenvalue weighted by molar-refractivity contribution is 4.95. The molecule has 0 aromatic carbocycles. The predicted octanol–water partition coefficient (Wildman–Crippen LogP) is -4.93. The van der Waals surface area contributed by atoms with Crippen molar-refractivity contribution >= 4 is 0 Å². The zero-order chi connectivity index (χ0) is 28.1. The number of ether oxygens (including phenoxy) is 7. The van der Waals surface area contributed by atoms with Crippen molar-refractivity contribution in [1.82, 2.24) is 0 Å². The molecule has 3 fully saturated rings. The molecule has 38 heavy (non-hydrogen) atoms. The van der Waals surface area contributed by atoms with Crippen molar-refractivity contribution in [1.29, 1.82) is 0 Å². The van der Waals surface area contributed by atoms with Crippen LogP contribution in [0.3, 0.4) is 0 Å². The van der Waals surface area contributed by atoms with Crippen molar-refractivity contribution in [2.75, 3.05) is 26.4 Å². The first kappa shape index (κ1) is 31.9. The van der Waals surface area contributed by atoms with Gasteiger partial charge in [-0.25, -0.2) is 0 Å². The zero-order valence-corrected chi connectivity index (χ0v) is 21.1. The second-order valence-electron chi connectivity index (χ2n) is 9.81. The fraction of sp³-hybridized carbons (Fsp3) is 1.00. The Kier molecular flexibility index (Phi) is 12.0. The second-order valence-corrected chi connectivity index (χ2v) is 9.81. The number of aliphatic hydroxyl groups is 9. The summed E-state index contributed by atoms with van der Waals surface area (Å²) in [4.78, 5) is 0. The zero-order valence-electron chi connectivity index (χ0n) is 21.1. The molecule has 0 saturated carbocycles. The molecular formula is C22H40O16. The molecule has 3 rings (SSSR count). The number of aliphatic hydroxyl groups excluding tert-OH is 9. The summed E-state index contributed by atoms with van der Waals surface area (Å²) in [6.07, 6.45) is -21.5. The molecule has 3 heterocycles. The lowest BCUT2D eigenvalue weighted by Crippen LogP contribution is -2.66. The van der Waals surface area contributed by atoms with Crippen molar-refractivity contribution in [3.05, 3.63) is 0 Å². The van der Waals surface area contributed by atoms with Gasteiger partial charge in [0.1, 0.15) is 54.9 Å². The maximum atomic E-state index is 10.9. The SMILES string of the molecule is CC(C)CCOC1OC(CO)C(O)C(OC2OC(CO)C(O)C(OC3OC(CO)C(O)OC3O)C2O)C1O. The molecular weight excluding hydrogens is 520 g/mol. The van der Waals surface area contributed by atoms with E-state index >= 15 is 0 Å². The van der Waals surface area contributed by atoms with Gasteiger partial charge in [0.2, 0.25) is 12.6 Å². The summed E-state index contributed by atoms with van der Waals surface area (Å²) in [5.74, 6) is 0.291. The molecule has 0 aromatic rings. The minimum Gasteiger partial charge on any atom is -0.394 e. The van der Waals surface area contributed by atoms with Gasteiger partial charge in [0.05, 0.1) is 26.4 Å². The van der Waals surface area contributed by atoms with E-state index < -0.39 is 106 Å². The highest BCUT2D eigenvalue weighted by Crippen LogP contribution is 2.32. The molecule has 14 unspecified atom stereocenters. The summed E-state index contributed by atoms with van der Waals surface area (Å²) in [7, 11) is 0. The summed E-state index contributed by atoms with van der Waals surface area (Å²) in [5, 5.41) is 91.4. The molecule has 3 saturated heterocycles. The van der Waals surface area contributed by atoms with Gasteiger partial charge in [-0.15, -0.1) is 0 Å². The molecule has 0 radical (unpaired) electrons. The van der Waals surface area contributed by atoms with Crippen LogP contribution in [0.15, 0.2) is 0 Å². The summed E-state index contributed by atoms with van der Waals surface area (Å²) in [6, 6.07) is 0. The molecule has 0 amide bonds. The fourth-order valence-electron chi connectivity index (χ4n) is 4.24. The number of rotatable bonds is 11. The van der Waals surface area contributed by atoms with Gasteiger partial charge >= 0.3 is 0 Å². The number of hydrogen-bond acceptors (Lipinski definition) is 16. The van der Waals surface area contributed by atoms with Crippen LogP contribution in [0, 0.1) is 5.92 Å². The van der Waals surface area contributed by atoms with Gasteiger partial charge in [0, 0.05) is 0 Å². The molecule has 0 aliphatic carbocycles. The van der Waals surface area contributed by atoms with Crippen LogP contribution in [-0.4, -0.2) is 159 Å². The van der Waals surface area contributed by atoms with Crippen LogP contribution in [0.1, 0.15) is 20.3 Å². The van der Waals surface area contributed by atoms with Crippen molar-refractivity contribution in [3.8, 4) is 0 Å². The van der Waals surface area contributed by atoms with Gasteiger partial charge in [-0.1, -0.05) is 13.8 Å². The Balaban J connectivity index is 1.75. The first-order valence-corrected chi connectivity index (χ1v) is 12.5. The van der Waals surface area contributed by atoms with E-state index in [-0.39, 0.29) is 6.61 Å². The maximum absolute atomic E-state index is 10.9. The predicted molar refractivity (Wildman–Crippen MR) is 120 cm³/mol. The van der Waals surface area contributed by atoms with E-state index in [0.717, 1.165) is 0 Å². The third-order valence-corrected chi connectivity index (χ3v) is 6.52. The third-order valence-electron chi connectivity index (χ3n) is 6.52. The Bertz CT molecular complexity index is 700. The Hall–Kier alpha value is -0.640. The monoisotopic (exact) mass is 560 g/mol. The summed E-state index contributed by atoms with van der Waals surface area (Å²) in [5.41, 5.74) is 0. The van der Waals surface area contributed by atoms with E-state index in [1.54, 1.807) is 0 Å². The highest BCUT2D eigenvalue weighted by Gasteiger charge is 2.53. The first-order chi connectivity index (χ1) is 18.0. The van der Waals surface area contributed by atoms with Crippen LogP contribution in [0.4, 0.5) is 0 Å². The van der Waals surface area contributed by atoms with E-state index in [1.165, 1.54) is 0 Å². The fourth-order valence-corrected chi connectivity index (χ4v) is 4.24. The van der Waals surface area contributed by atoms with Crippen molar-refractivity contribution in [2.24, 2.45) is 5.92 Å².